The van der Waals surface area contributed by atoms with E-state index in [1.165, 1.54) is 33.5 Å². The molecule has 2 saturated heterocycles. The normalized spacial score (nSPS) is 19.7. The lowest BCUT2D eigenvalue weighted by atomic mass is 10.00. The first kappa shape index (κ1) is 40.1. The molecule has 0 spiro atoms. The molecule has 2 aromatic heterocycles. The fourth-order valence-electron chi connectivity index (χ4n) is 9.37. The minimum absolute atomic E-state index is 0.0671. The van der Waals surface area contributed by atoms with Crippen LogP contribution < -0.4 is 0 Å². The van der Waals surface area contributed by atoms with Crippen LogP contribution in [0.5, 0.6) is 0 Å². The van der Waals surface area contributed by atoms with Crippen LogP contribution in [0, 0.1) is 11.3 Å². The number of ether oxygens (including phenoxy) is 2. The largest absolute Gasteiger partial charge is 0.362 e. The summed E-state index contributed by atoms with van der Waals surface area (Å²) in [7, 11) is 4.37. The Morgan fingerprint density at radius 2 is 1.20 bits per heavy atom. The van der Waals surface area contributed by atoms with E-state index in [0.717, 1.165) is 114 Å². The molecule has 0 aliphatic carbocycles. The Labute approximate surface area is 355 Å². The second-order valence-electron chi connectivity index (χ2n) is 17.0. The molecule has 0 amide bonds. The van der Waals surface area contributed by atoms with E-state index in [1.807, 2.05) is 24.3 Å². The topological polar surface area (TPSA) is 84.4 Å². The summed E-state index contributed by atoms with van der Waals surface area (Å²) in [5, 5.41) is 9.07. The van der Waals surface area contributed by atoms with E-state index >= 15 is 0 Å². The number of aromatic nitrogens is 4. The SMILES string of the molecule is CN1CCC(OC2c3ccccc3CCn3c(CCc4ccccc4)cnc32)CC1.CN1CCC(OC2c3ccccc3CCn3cc(-c4ccc(C#N)cc4)nc32)CC1. The van der Waals surface area contributed by atoms with Gasteiger partial charge in [0.05, 0.1) is 29.5 Å². The third-order valence-electron chi connectivity index (χ3n) is 13.0. The van der Waals surface area contributed by atoms with Crippen molar-refractivity contribution in [3.63, 3.8) is 0 Å². The summed E-state index contributed by atoms with van der Waals surface area (Å²) in [6.07, 6.45) is 12.9. The summed E-state index contributed by atoms with van der Waals surface area (Å²) in [5.74, 6) is 2.07. The van der Waals surface area contributed by atoms with E-state index in [1.54, 1.807) is 0 Å². The van der Waals surface area contributed by atoms with Gasteiger partial charge in [-0.25, -0.2) is 9.97 Å². The number of hydrogen-bond donors (Lipinski definition) is 0. The van der Waals surface area contributed by atoms with E-state index in [0.29, 0.717) is 11.7 Å². The van der Waals surface area contributed by atoms with Crippen LogP contribution in [-0.2, 0) is 48.2 Å². The van der Waals surface area contributed by atoms with Gasteiger partial charge < -0.3 is 28.4 Å². The van der Waals surface area contributed by atoms with Gasteiger partial charge >= 0.3 is 0 Å². The summed E-state index contributed by atoms with van der Waals surface area (Å²) in [6, 6.07) is 38.0. The third-order valence-corrected chi connectivity index (χ3v) is 13.0. The quantitative estimate of drug-likeness (QED) is 0.153. The Hall–Kier alpha value is -5.37. The number of aryl methyl sites for hydroxylation is 5. The molecule has 0 bridgehead atoms. The van der Waals surface area contributed by atoms with E-state index in [2.05, 4.69) is 130 Å². The zero-order valence-corrected chi connectivity index (χ0v) is 35.1. The molecule has 308 valence electrons. The van der Waals surface area contributed by atoms with Crippen molar-refractivity contribution >= 4 is 0 Å². The Morgan fingerprint density at radius 1 is 0.633 bits per heavy atom. The first-order valence-electron chi connectivity index (χ1n) is 22.0. The van der Waals surface area contributed by atoms with Crippen LogP contribution >= 0.6 is 0 Å². The van der Waals surface area contributed by atoms with Crippen LogP contribution in [-0.4, -0.2) is 81.4 Å². The Bertz CT molecular complexity index is 2380. The van der Waals surface area contributed by atoms with Crippen LogP contribution in [0.1, 0.15) is 88.6 Å². The lowest BCUT2D eigenvalue weighted by Crippen LogP contribution is -2.35. The summed E-state index contributed by atoms with van der Waals surface area (Å²) < 4.78 is 18.2. The summed E-state index contributed by atoms with van der Waals surface area (Å²) in [6.45, 7) is 6.23. The number of fused-ring (bicyclic) bond motifs is 4. The Balaban J connectivity index is 0.000000154. The number of nitrogens with zero attached hydrogens (tertiary/aromatic N) is 7. The first-order chi connectivity index (χ1) is 29.5. The van der Waals surface area contributed by atoms with Crippen molar-refractivity contribution in [2.75, 3.05) is 40.3 Å². The summed E-state index contributed by atoms with van der Waals surface area (Å²) >= 11 is 0. The van der Waals surface area contributed by atoms with Crippen LogP contribution in [0.3, 0.4) is 0 Å². The molecule has 9 heteroatoms. The molecule has 10 rings (SSSR count). The zero-order chi connectivity index (χ0) is 40.8. The fourth-order valence-corrected chi connectivity index (χ4v) is 9.37. The van der Waals surface area contributed by atoms with Crippen molar-refractivity contribution in [1.82, 2.24) is 28.9 Å². The van der Waals surface area contributed by atoms with Crippen molar-refractivity contribution in [3.8, 4) is 17.3 Å². The van der Waals surface area contributed by atoms with Gasteiger partial charge in [-0.1, -0.05) is 91.0 Å². The van der Waals surface area contributed by atoms with Gasteiger partial charge in [0.2, 0.25) is 0 Å². The first-order valence-corrected chi connectivity index (χ1v) is 22.0. The average Bonchev–Trinajstić information content (AvgIpc) is 3.83. The highest BCUT2D eigenvalue weighted by molar-refractivity contribution is 5.60. The van der Waals surface area contributed by atoms with E-state index in [-0.39, 0.29) is 18.3 Å². The lowest BCUT2D eigenvalue weighted by molar-refractivity contribution is -0.0277. The molecular formula is C51H57N7O2. The molecule has 0 radical (unpaired) electrons. The molecule has 0 N–H and O–H groups in total. The lowest BCUT2D eigenvalue weighted by Gasteiger charge is -2.32. The van der Waals surface area contributed by atoms with E-state index in [4.69, 9.17) is 24.7 Å². The minimum Gasteiger partial charge on any atom is -0.362 e. The Kier molecular flexibility index (Phi) is 12.3. The summed E-state index contributed by atoms with van der Waals surface area (Å²) in [4.78, 5) is 14.7. The second kappa shape index (κ2) is 18.5. The van der Waals surface area contributed by atoms with Crippen LogP contribution in [0.25, 0.3) is 11.3 Å². The molecule has 2 atom stereocenters. The van der Waals surface area contributed by atoms with Crippen molar-refractivity contribution in [3.05, 3.63) is 166 Å². The highest BCUT2D eigenvalue weighted by Gasteiger charge is 2.32. The number of piperidine rings is 2. The maximum atomic E-state index is 9.07. The van der Waals surface area contributed by atoms with E-state index < -0.39 is 0 Å². The number of imidazole rings is 2. The number of likely N-dealkylation sites (tertiary alicyclic amines) is 2. The molecule has 2 unspecified atom stereocenters. The molecule has 60 heavy (non-hydrogen) atoms. The van der Waals surface area contributed by atoms with Gasteiger partial charge in [-0.15, -0.1) is 0 Å². The molecule has 4 aromatic carbocycles. The van der Waals surface area contributed by atoms with Gasteiger partial charge in [-0.2, -0.15) is 5.26 Å². The van der Waals surface area contributed by atoms with Crippen LogP contribution in [0.15, 0.2) is 116 Å². The number of nitriles is 1. The standard InChI is InChI=1S/C26H31N3O.C25H26N4O/c1-28-16-14-23(15-17-28)30-25-24-10-6-5-9-21(24)13-18-29-22(19-27-26(25)29)12-11-20-7-3-2-4-8-20;1-28-13-11-21(12-14-28)30-24-22-5-3-2-4-19(22)10-15-29-17-23(27-25(24)29)20-8-6-18(16-26)7-9-20/h2-10,19,23,25H,11-18H2,1H3;2-9,17,21,24H,10-15H2,1H3. The maximum absolute atomic E-state index is 9.07. The predicted octanol–water partition coefficient (Wildman–Crippen LogP) is 8.60. The van der Waals surface area contributed by atoms with Crippen molar-refractivity contribution < 1.29 is 9.47 Å². The zero-order valence-electron chi connectivity index (χ0n) is 35.1. The average molecular weight is 800 g/mol. The van der Waals surface area contributed by atoms with Gasteiger partial charge in [0.1, 0.15) is 23.9 Å². The van der Waals surface area contributed by atoms with Gasteiger partial charge in [-0.3, -0.25) is 0 Å². The molecule has 4 aliphatic heterocycles. The summed E-state index contributed by atoms with van der Waals surface area (Å²) in [5.41, 5.74) is 10.6. The molecule has 0 saturated carbocycles. The van der Waals surface area contributed by atoms with Gasteiger partial charge in [0, 0.05) is 62.9 Å². The molecule has 6 aromatic rings. The molecule has 6 heterocycles. The van der Waals surface area contributed by atoms with Crippen LogP contribution in [0.2, 0.25) is 0 Å². The van der Waals surface area contributed by atoms with Crippen LogP contribution in [0.4, 0.5) is 0 Å². The monoisotopic (exact) mass is 799 g/mol. The predicted molar refractivity (Wildman–Crippen MR) is 236 cm³/mol. The molecule has 2 fully saturated rings. The number of rotatable bonds is 8. The minimum atomic E-state index is -0.149. The third kappa shape index (κ3) is 9.03. The molecule has 9 nitrogen and oxygen atoms in total. The second-order valence-corrected chi connectivity index (χ2v) is 17.0. The Morgan fingerprint density at radius 3 is 1.82 bits per heavy atom. The maximum Gasteiger partial charge on any atom is 0.143 e. The fraction of sp³-hybridized carbons (Fsp3) is 0.392. The molecular weight excluding hydrogens is 743 g/mol. The van der Waals surface area contributed by atoms with Gasteiger partial charge in [-0.05, 0) is 105 Å². The van der Waals surface area contributed by atoms with Crippen molar-refractivity contribution in [2.45, 2.75) is 88.9 Å². The van der Waals surface area contributed by atoms with Gasteiger partial charge in [0.25, 0.3) is 0 Å². The van der Waals surface area contributed by atoms with E-state index in [9.17, 15) is 0 Å². The highest BCUT2D eigenvalue weighted by Crippen LogP contribution is 2.37. The molecule has 4 aliphatic rings. The highest BCUT2D eigenvalue weighted by atomic mass is 16.5. The number of benzene rings is 4. The smallest absolute Gasteiger partial charge is 0.143 e. The van der Waals surface area contributed by atoms with Crippen molar-refractivity contribution in [1.29, 1.82) is 5.26 Å². The van der Waals surface area contributed by atoms with Crippen molar-refractivity contribution in [2.24, 2.45) is 0 Å². The number of hydrogen-bond acceptors (Lipinski definition) is 7. The van der Waals surface area contributed by atoms with Gasteiger partial charge in [0.15, 0.2) is 0 Å².